The van der Waals surface area contributed by atoms with Crippen molar-refractivity contribution >= 4 is 43.4 Å². The molecular weight excluding hydrogens is 542 g/mol. The van der Waals surface area contributed by atoms with Crippen molar-refractivity contribution in [3.05, 3.63) is 164 Å². The Morgan fingerprint density at radius 2 is 0.956 bits per heavy atom. The normalized spacial score (nSPS) is 12.0. The molecule has 1 nitrogen and oxygen atoms in total. The van der Waals surface area contributed by atoms with Gasteiger partial charge in [0.05, 0.1) is 11.0 Å². The molecule has 0 saturated heterocycles. The summed E-state index contributed by atoms with van der Waals surface area (Å²) in [6.07, 6.45) is 0. The van der Waals surface area contributed by atoms with E-state index in [1.165, 1.54) is 93.5 Å². The maximum absolute atomic E-state index is 2.50. The molecule has 0 fully saturated rings. The van der Waals surface area contributed by atoms with Gasteiger partial charge in [0.15, 0.2) is 0 Å². The Bertz CT molecular complexity index is 2620. The van der Waals surface area contributed by atoms with Gasteiger partial charge < -0.3 is 4.57 Å². The Labute approximate surface area is 261 Å². The SMILES string of the molecule is c1ccc(-c2cccc(-c3ccc(-n4c5cc6c7c(cccc7c5c5ccc7ccccc7c54)-c4ccccc4-6)cc3)c2)cc1. The van der Waals surface area contributed by atoms with Crippen LogP contribution >= 0.6 is 0 Å². The zero-order valence-corrected chi connectivity index (χ0v) is 24.5. The fraction of sp³-hybridized carbons (Fsp3) is 0. The van der Waals surface area contributed by atoms with Gasteiger partial charge in [-0.05, 0) is 84.9 Å². The number of fused-ring (bicyclic) bond motifs is 9. The molecule has 0 aliphatic heterocycles. The fourth-order valence-electron chi connectivity index (χ4n) is 7.72. The van der Waals surface area contributed by atoms with Crippen LogP contribution in [0.1, 0.15) is 0 Å². The van der Waals surface area contributed by atoms with E-state index in [0.29, 0.717) is 0 Å². The summed E-state index contributed by atoms with van der Waals surface area (Å²) in [6.45, 7) is 0. The molecule has 8 aromatic carbocycles. The molecular formula is C44H27N. The summed E-state index contributed by atoms with van der Waals surface area (Å²) in [5, 5.41) is 7.84. The average Bonchev–Trinajstić information content (AvgIpc) is 3.63. The van der Waals surface area contributed by atoms with Gasteiger partial charge in [0.1, 0.15) is 0 Å². The van der Waals surface area contributed by atoms with Crippen LogP contribution in [0.5, 0.6) is 0 Å². The molecule has 0 saturated carbocycles. The molecule has 45 heavy (non-hydrogen) atoms. The molecule has 1 aliphatic rings. The van der Waals surface area contributed by atoms with E-state index in [1.54, 1.807) is 0 Å². The van der Waals surface area contributed by atoms with E-state index in [4.69, 9.17) is 0 Å². The highest BCUT2D eigenvalue weighted by Crippen LogP contribution is 2.51. The lowest BCUT2D eigenvalue weighted by Crippen LogP contribution is -1.95. The maximum Gasteiger partial charge on any atom is 0.0619 e. The summed E-state index contributed by atoms with van der Waals surface area (Å²) >= 11 is 0. The smallest absolute Gasteiger partial charge is 0.0619 e. The van der Waals surface area contributed by atoms with E-state index < -0.39 is 0 Å². The molecule has 1 heteroatoms. The summed E-state index contributed by atoms with van der Waals surface area (Å²) in [7, 11) is 0. The van der Waals surface area contributed by atoms with Crippen LogP contribution in [0.2, 0.25) is 0 Å². The van der Waals surface area contributed by atoms with E-state index >= 15 is 0 Å². The predicted molar refractivity (Wildman–Crippen MR) is 191 cm³/mol. The van der Waals surface area contributed by atoms with Crippen molar-refractivity contribution in [1.29, 1.82) is 0 Å². The molecule has 0 radical (unpaired) electrons. The van der Waals surface area contributed by atoms with E-state index in [1.807, 2.05) is 0 Å². The van der Waals surface area contributed by atoms with Gasteiger partial charge in [-0.15, -0.1) is 0 Å². The van der Waals surface area contributed by atoms with Crippen molar-refractivity contribution in [3.63, 3.8) is 0 Å². The largest absolute Gasteiger partial charge is 0.309 e. The van der Waals surface area contributed by atoms with Crippen LogP contribution in [0.15, 0.2) is 164 Å². The molecule has 10 rings (SSSR count). The lowest BCUT2D eigenvalue weighted by Gasteiger charge is -2.12. The highest BCUT2D eigenvalue weighted by Gasteiger charge is 2.25. The Hall–Kier alpha value is -5.92. The minimum Gasteiger partial charge on any atom is -0.309 e. The first-order chi connectivity index (χ1) is 22.3. The summed E-state index contributed by atoms with van der Waals surface area (Å²) < 4.78 is 2.50. The van der Waals surface area contributed by atoms with Crippen LogP contribution in [0.4, 0.5) is 0 Å². The van der Waals surface area contributed by atoms with E-state index in [0.717, 1.165) is 0 Å². The number of hydrogen-bond acceptors (Lipinski definition) is 0. The predicted octanol–water partition coefficient (Wildman–Crippen LogP) is 12.1. The zero-order valence-electron chi connectivity index (χ0n) is 24.5. The first kappa shape index (κ1) is 24.5. The number of rotatable bonds is 3. The minimum atomic E-state index is 1.17. The maximum atomic E-state index is 2.50. The summed E-state index contributed by atoms with van der Waals surface area (Å²) in [5.74, 6) is 0. The van der Waals surface area contributed by atoms with Gasteiger partial charge in [-0.25, -0.2) is 0 Å². The summed E-state index contributed by atoms with van der Waals surface area (Å²) in [6, 6.07) is 60.1. The van der Waals surface area contributed by atoms with Crippen molar-refractivity contribution in [1.82, 2.24) is 4.57 Å². The van der Waals surface area contributed by atoms with Crippen LogP contribution in [0, 0.1) is 0 Å². The van der Waals surface area contributed by atoms with Crippen molar-refractivity contribution in [2.24, 2.45) is 0 Å². The van der Waals surface area contributed by atoms with Gasteiger partial charge in [-0.1, -0.05) is 140 Å². The average molecular weight is 570 g/mol. The number of benzene rings is 8. The third-order valence-electron chi connectivity index (χ3n) is 9.71. The third kappa shape index (κ3) is 3.50. The van der Waals surface area contributed by atoms with Gasteiger partial charge >= 0.3 is 0 Å². The molecule has 0 N–H and O–H groups in total. The lowest BCUT2D eigenvalue weighted by atomic mass is 9.97. The van der Waals surface area contributed by atoms with Crippen molar-refractivity contribution in [3.8, 4) is 50.2 Å². The highest BCUT2D eigenvalue weighted by atomic mass is 15.0. The molecule has 1 aromatic heterocycles. The minimum absolute atomic E-state index is 1.17. The second-order valence-corrected chi connectivity index (χ2v) is 12.1. The van der Waals surface area contributed by atoms with Gasteiger partial charge in [0, 0.05) is 21.8 Å². The van der Waals surface area contributed by atoms with Crippen LogP contribution in [-0.2, 0) is 0 Å². The molecule has 1 aliphatic carbocycles. The topological polar surface area (TPSA) is 4.93 Å². The number of aromatic nitrogens is 1. The molecule has 1 heterocycles. The first-order valence-corrected chi connectivity index (χ1v) is 15.6. The Balaban J connectivity index is 1.24. The Morgan fingerprint density at radius 3 is 1.78 bits per heavy atom. The molecule has 0 spiro atoms. The molecule has 0 atom stereocenters. The molecule has 0 amide bonds. The summed E-state index contributed by atoms with van der Waals surface area (Å²) in [4.78, 5) is 0. The molecule has 0 bridgehead atoms. The molecule has 208 valence electrons. The Kier molecular flexibility index (Phi) is 5.06. The van der Waals surface area contributed by atoms with E-state index in [2.05, 4.69) is 168 Å². The van der Waals surface area contributed by atoms with E-state index in [-0.39, 0.29) is 0 Å². The van der Waals surface area contributed by atoms with Crippen LogP contribution < -0.4 is 0 Å². The summed E-state index contributed by atoms with van der Waals surface area (Å²) in [5.41, 5.74) is 13.9. The standard InChI is InChI=1S/C44H27N/c1-2-10-28(11-3-1)31-13-8-14-32(26-31)29-20-23-33(24-21-29)45-41-27-40-36-17-7-6-16-35(36)37-18-9-19-38(42(37)40)43(41)39-25-22-30-12-4-5-15-34(30)44(39)45/h1-27H. The van der Waals surface area contributed by atoms with Crippen LogP contribution in [0.3, 0.4) is 0 Å². The third-order valence-corrected chi connectivity index (χ3v) is 9.71. The zero-order chi connectivity index (χ0) is 29.5. The highest BCUT2D eigenvalue weighted by molar-refractivity contribution is 6.31. The quantitative estimate of drug-likeness (QED) is 0.199. The Morgan fingerprint density at radius 1 is 0.333 bits per heavy atom. The lowest BCUT2D eigenvalue weighted by molar-refractivity contribution is 1.19. The number of hydrogen-bond donors (Lipinski definition) is 0. The second-order valence-electron chi connectivity index (χ2n) is 12.1. The molecule has 0 unspecified atom stereocenters. The van der Waals surface area contributed by atoms with Crippen LogP contribution in [-0.4, -0.2) is 4.57 Å². The van der Waals surface area contributed by atoms with Gasteiger partial charge in [-0.3, -0.25) is 0 Å². The van der Waals surface area contributed by atoms with Crippen molar-refractivity contribution < 1.29 is 0 Å². The first-order valence-electron chi connectivity index (χ1n) is 15.6. The van der Waals surface area contributed by atoms with Gasteiger partial charge in [0.25, 0.3) is 0 Å². The monoisotopic (exact) mass is 569 g/mol. The van der Waals surface area contributed by atoms with Crippen molar-refractivity contribution in [2.75, 3.05) is 0 Å². The van der Waals surface area contributed by atoms with Crippen molar-refractivity contribution in [2.45, 2.75) is 0 Å². The second kappa shape index (κ2) is 9.29. The van der Waals surface area contributed by atoms with E-state index in [9.17, 15) is 0 Å². The van der Waals surface area contributed by atoms with Crippen LogP contribution in [0.25, 0.3) is 93.5 Å². The van der Waals surface area contributed by atoms with Gasteiger partial charge in [-0.2, -0.15) is 0 Å². The molecule has 9 aromatic rings. The number of nitrogens with zero attached hydrogens (tertiary/aromatic N) is 1. The van der Waals surface area contributed by atoms with Gasteiger partial charge in [0.2, 0.25) is 0 Å². The fourth-order valence-corrected chi connectivity index (χ4v) is 7.72.